The van der Waals surface area contributed by atoms with Gasteiger partial charge in [0, 0.05) is 29.7 Å². The van der Waals surface area contributed by atoms with E-state index in [1.54, 1.807) is 6.07 Å². The minimum atomic E-state index is 0.0747. The molecular formula is C12H16ClN3OS. The normalized spacial score (nSPS) is 21.1. The lowest BCUT2D eigenvalue weighted by Crippen LogP contribution is -2.40. The van der Waals surface area contributed by atoms with Crippen LogP contribution in [0.2, 0.25) is 5.02 Å². The highest BCUT2D eigenvalue weighted by Gasteiger charge is 2.21. The molecule has 2 rings (SSSR count). The number of thioether (sulfide) groups is 1. The van der Waals surface area contributed by atoms with E-state index in [1.165, 1.54) is 0 Å². The molecule has 0 aliphatic carbocycles. The fraction of sp³-hybridized carbons (Fsp3) is 0.417. The van der Waals surface area contributed by atoms with Crippen LogP contribution in [0.25, 0.3) is 0 Å². The quantitative estimate of drug-likeness (QED) is 0.379. The highest BCUT2D eigenvalue weighted by molar-refractivity contribution is 7.99. The molecule has 1 unspecified atom stereocenters. The molecule has 0 radical (unpaired) electrons. The summed E-state index contributed by atoms with van der Waals surface area (Å²) >= 11 is 8.25. The van der Waals surface area contributed by atoms with Crippen LogP contribution >= 0.6 is 23.4 Å². The van der Waals surface area contributed by atoms with Crippen molar-refractivity contribution in [2.75, 3.05) is 23.0 Å². The zero-order chi connectivity index (χ0) is 13.1. The molecule has 1 aromatic rings. The fourth-order valence-electron chi connectivity index (χ4n) is 2.04. The third-order valence-electron chi connectivity index (χ3n) is 3.03. The van der Waals surface area contributed by atoms with E-state index in [9.17, 15) is 0 Å². The molecule has 1 fully saturated rings. The molecule has 0 amide bonds. The molecule has 0 spiro atoms. The Morgan fingerprint density at radius 2 is 2.39 bits per heavy atom. The third-order valence-corrected chi connectivity index (χ3v) is 4.52. The van der Waals surface area contributed by atoms with Crippen LogP contribution in [-0.4, -0.2) is 35.1 Å². The molecule has 1 aromatic carbocycles. The van der Waals surface area contributed by atoms with Gasteiger partial charge in [0.25, 0.3) is 0 Å². The van der Waals surface area contributed by atoms with Gasteiger partial charge in [0.1, 0.15) is 0 Å². The molecule has 3 N–H and O–H groups in total. The van der Waals surface area contributed by atoms with Crippen LogP contribution < -0.4 is 10.6 Å². The van der Waals surface area contributed by atoms with E-state index in [1.807, 2.05) is 23.9 Å². The maximum atomic E-state index is 8.65. The lowest BCUT2D eigenvalue weighted by atomic mass is 10.1. The van der Waals surface area contributed by atoms with Crippen LogP contribution in [0.5, 0.6) is 0 Å². The van der Waals surface area contributed by atoms with Gasteiger partial charge in [0.15, 0.2) is 5.84 Å². The molecule has 1 aliphatic heterocycles. The van der Waals surface area contributed by atoms with Crippen LogP contribution in [0.1, 0.15) is 12.5 Å². The number of hydrogen-bond donors (Lipinski definition) is 2. The van der Waals surface area contributed by atoms with Gasteiger partial charge in [0.05, 0.1) is 10.7 Å². The lowest BCUT2D eigenvalue weighted by molar-refractivity contribution is 0.318. The van der Waals surface area contributed by atoms with Gasteiger partial charge >= 0.3 is 0 Å². The Labute approximate surface area is 116 Å². The van der Waals surface area contributed by atoms with Gasteiger partial charge in [-0.25, -0.2) is 0 Å². The molecule has 1 aliphatic rings. The van der Waals surface area contributed by atoms with Crippen molar-refractivity contribution in [2.45, 2.75) is 13.0 Å². The van der Waals surface area contributed by atoms with Crippen LogP contribution in [0.3, 0.4) is 0 Å². The van der Waals surface area contributed by atoms with Crippen LogP contribution in [0.4, 0.5) is 5.69 Å². The third kappa shape index (κ3) is 2.67. The second kappa shape index (κ2) is 5.71. The molecule has 0 bridgehead atoms. The van der Waals surface area contributed by atoms with Crippen molar-refractivity contribution >= 4 is 34.9 Å². The van der Waals surface area contributed by atoms with Crippen molar-refractivity contribution in [3.05, 3.63) is 28.8 Å². The summed E-state index contributed by atoms with van der Waals surface area (Å²) in [5.74, 6) is 2.30. The Balaban J connectivity index is 2.29. The lowest BCUT2D eigenvalue weighted by Gasteiger charge is -2.35. The number of benzene rings is 1. The Morgan fingerprint density at radius 3 is 3.00 bits per heavy atom. The first kappa shape index (κ1) is 13.4. The van der Waals surface area contributed by atoms with Crippen molar-refractivity contribution in [1.29, 1.82) is 0 Å². The Kier molecular flexibility index (Phi) is 4.24. The van der Waals surface area contributed by atoms with Crippen LogP contribution in [0.15, 0.2) is 23.4 Å². The summed E-state index contributed by atoms with van der Waals surface area (Å²) in [4.78, 5) is 2.30. The summed E-state index contributed by atoms with van der Waals surface area (Å²) in [5, 5.41) is 12.3. The summed E-state index contributed by atoms with van der Waals surface area (Å²) in [6.07, 6.45) is 0. The summed E-state index contributed by atoms with van der Waals surface area (Å²) in [5.41, 5.74) is 7.19. The molecule has 0 aromatic heterocycles. The fourth-order valence-corrected chi connectivity index (χ4v) is 3.34. The van der Waals surface area contributed by atoms with Gasteiger partial charge < -0.3 is 15.8 Å². The second-order valence-corrected chi connectivity index (χ2v) is 5.83. The Bertz CT molecular complexity index is 467. The van der Waals surface area contributed by atoms with E-state index in [-0.39, 0.29) is 5.84 Å². The summed E-state index contributed by atoms with van der Waals surface area (Å²) in [6.45, 7) is 3.19. The van der Waals surface area contributed by atoms with Gasteiger partial charge in [-0.15, -0.1) is 0 Å². The number of amidine groups is 1. The first-order valence-electron chi connectivity index (χ1n) is 5.75. The number of rotatable bonds is 2. The van der Waals surface area contributed by atoms with Crippen molar-refractivity contribution < 1.29 is 5.21 Å². The average Bonchev–Trinajstić information content (AvgIpc) is 2.39. The number of oxime groups is 1. The van der Waals surface area contributed by atoms with E-state index in [0.717, 1.165) is 23.7 Å². The van der Waals surface area contributed by atoms with Crippen LogP contribution in [0, 0.1) is 0 Å². The van der Waals surface area contributed by atoms with Crippen molar-refractivity contribution in [2.24, 2.45) is 10.9 Å². The monoisotopic (exact) mass is 285 g/mol. The minimum absolute atomic E-state index is 0.0747. The molecule has 18 heavy (non-hydrogen) atoms. The summed E-state index contributed by atoms with van der Waals surface area (Å²) in [7, 11) is 0. The molecular weight excluding hydrogens is 270 g/mol. The number of halogens is 1. The highest BCUT2D eigenvalue weighted by Crippen LogP contribution is 2.31. The Hall–Kier alpha value is -1.07. The molecule has 1 heterocycles. The second-order valence-electron chi connectivity index (χ2n) is 4.27. The van der Waals surface area contributed by atoms with Gasteiger partial charge in [-0.1, -0.05) is 16.8 Å². The molecule has 98 valence electrons. The SMILES string of the molecule is CC1CSCCN1c1ccc(C(N)=NO)cc1Cl. The zero-order valence-corrected chi connectivity index (χ0v) is 11.7. The first-order valence-corrected chi connectivity index (χ1v) is 7.28. The van der Waals surface area contributed by atoms with E-state index in [2.05, 4.69) is 17.0 Å². The van der Waals surface area contributed by atoms with Gasteiger partial charge in [-0.2, -0.15) is 11.8 Å². The molecule has 4 nitrogen and oxygen atoms in total. The molecule has 0 saturated carbocycles. The maximum Gasteiger partial charge on any atom is 0.170 e. The molecule has 1 atom stereocenters. The summed E-state index contributed by atoms with van der Waals surface area (Å²) in [6, 6.07) is 5.96. The molecule has 1 saturated heterocycles. The minimum Gasteiger partial charge on any atom is -0.409 e. The van der Waals surface area contributed by atoms with Crippen molar-refractivity contribution in [3.8, 4) is 0 Å². The molecule has 6 heteroatoms. The van der Waals surface area contributed by atoms with Crippen molar-refractivity contribution in [1.82, 2.24) is 0 Å². The maximum absolute atomic E-state index is 8.65. The predicted molar refractivity (Wildman–Crippen MR) is 78.1 cm³/mol. The van der Waals surface area contributed by atoms with E-state index >= 15 is 0 Å². The highest BCUT2D eigenvalue weighted by atomic mass is 35.5. The number of hydrogen-bond acceptors (Lipinski definition) is 4. The zero-order valence-electron chi connectivity index (χ0n) is 10.1. The van der Waals surface area contributed by atoms with Crippen LogP contribution in [-0.2, 0) is 0 Å². The van der Waals surface area contributed by atoms with Gasteiger partial charge in [-0.3, -0.25) is 0 Å². The van der Waals surface area contributed by atoms with E-state index < -0.39 is 0 Å². The van der Waals surface area contributed by atoms with Gasteiger partial charge in [-0.05, 0) is 25.1 Å². The van der Waals surface area contributed by atoms with Crippen molar-refractivity contribution in [3.63, 3.8) is 0 Å². The van der Waals surface area contributed by atoms with E-state index in [4.69, 9.17) is 22.5 Å². The first-order chi connectivity index (χ1) is 8.63. The number of anilines is 1. The largest absolute Gasteiger partial charge is 0.409 e. The standard InChI is InChI=1S/C12H16ClN3OS/c1-8-7-18-5-4-16(8)11-3-2-9(6-10(11)13)12(14)15-17/h2-3,6,8,17H,4-5,7H2,1H3,(H2,14,15). The number of nitrogens with zero attached hydrogens (tertiary/aromatic N) is 2. The smallest absolute Gasteiger partial charge is 0.170 e. The summed E-state index contributed by atoms with van der Waals surface area (Å²) < 4.78 is 0. The number of nitrogens with two attached hydrogens (primary N) is 1. The van der Waals surface area contributed by atoms with Gasteiger partial charge in [0.2, 0.25) is 0 Å². The predicted octanol–water partition coefficient (Wildman–Crippen LogP) is 2.38. The Morgan fingerprint density at radius 1 is 1.61 bits per heavy atom. The van der Waals surface area contributed by atoms with E-state index in [0.29, 0.717) is 16.6 Å². The topological polar surface area (TPSA) is 61.8 Å². The average molecular weight is 286 g/mol.